The SMILES string of the molecule is CCNC(=NCc1nc2ccccc2n1C)NC1CN(C(C)C)CC1C.I. The summed E-state index contributed by atoms with van der Waals surface area (Å²) in [5, 5.41) is 7.02. The quantitative estimate of drug-likeness (QED) is 0.390. The van der Waals surface area contributed by atoms with E-state index in [9.17, 15) is 0 Å². The van der Waals surface area contributed by atoms with Crippen molar-refractivity contribution in [1.82, 2.24) is 25.1 Å². The number of aromatic nitrogens is 2. The van der Waals surface area contributed by atoms with E-state index in [1.54, 1.807) is 0 Å². The summed E-state index contributed by atoms with van der Waals surface area (Å²) in [5.41, 5.74) is 2.17. The minimum absolute atomic E-state index is 0. The van der Waals surface area contributed by atoms with E-state index in [0.717, 1.165) is 42.5 Å². The standard InChI is InChI=1S/C20H32N6.HI/c1-6-21-20(24-17-13-26(14(2)3)12-15(17)4)22-11-19-23-16-9-7-8-10-18(16)25(19)5;/h7-10,14-15,17H,6,11-13H2,1-5H3,(H2,21,22,24);1H. The Kier molecular flexibility index (Phi) is 7.91. The van der Waals surface area contributed by atoms with E-state index in [0.29, 0.717) is 24.5 Å². The van der Waals surface area contributed by atoms with Gasteiger partial charge in [-0.15, -0.1) is 24.0 Å². The molecule has 3 rings (SSSR count). The van der Waals surface area contributed by atoms with Crippen LogP contribution in [0, 0.1) is 5.92 Å². The number of hydrogen-bond donors (Lipinski definition) is 2. The van der Waals surface area contributed by atoms with Crippen LogP contribution in [0.3, 0.4) is 0 Å². The molecule has 1 aliphatic rings. The first kappa shape index (κ1) is 21.9. The van der Waals surface area contributed by atoms with Crippen LogP contribution in [0.15, 0.2) is 29.3 Å². The third kappa shape index (κ3) is 5.13. The molecule has 1 saturated heterocycles. The zero-order valence-corrected chi connectivity index (χ0v) is 19.4. The average Bonchev–Trinajstić information content (AvgIpc) is 3.14. The van der Waals surface area contributed by atoms with Crippen molar-refractivity contribution in [3.63, 3.8) is 0 Å². The number of halogens is 1. The molecule has 7 heteroatoms. The molecule has 0 amide bonds. The molecule has 1 fully saturated rings. The maximum atomic E-state index is 4.80. The summed E-state index contributed by atoms with van der Waals surface area (Å²) in [6, 6.07) is 9.23. The highest BCUT2D eigenvalue weighted by Gasteiger charge is 2.31. The molecule has 150 valence electrons. The Bertz CT molecular complexity index is 769. The number of benzene rings is 1. The molecule has 1 aliphatic heterocycles. The summed E-state index contributed by atoms with van der Waals surface area (Å²) in [5.74, 6) is 2.46. The van der Waals surface area contributed by atoms with Gasteiger partial charge in [0.15, 0.2) is 5.96 Å². The Morgan fingerprint density at radius 1 is 1.30 bits per heavy atom. The molecular weight excluding hydrogens is 451 g/mol. The molecule has 1 aromatic carbocycles. The van der Waals surface area contributed by atoms with E-state index in [2.05, 4.69) is 60.9 Å². The van der Waals surface area contributed by atoms with Gasteiger partial charge in [0, 0.05) is 38.8 Å². The van der Waals surface area contributed by atoms with Gasteiger partial charge in [-0.25, -0.2) is 9.98 Å². The van der Waals surface area contributed by atoms with Gasteiger partial charge in [-0.3, -0.25) is 4.90 Å². The summed E-state index contributed by atoms with van der Waals surface area (Å²) in [4.78, 5) is 12.0. The van der Waals surface area contributed by atoms with Gasteiger partial charge in [0.05, 0.1) is 11.0 Å². The number of imidazole rings is 1. The maximum absolute atomic E-state index is 4.80. The van der Waals surface area contributed by atoms with Crippen LogP contribution >= 0.6 is 24.0 Å². The number of nitrogens with zero attached hydrogens (tertiary/aromatic N) is 4. The molecule has 0 radical (unpaired) electrons. The highest BCUT2D eigenvalue weighted by Crippen LogP contribution is 2.19. The number of likely N-dealkylation sites (tertiary alicyclic amines) is 1. The third-order valence-corrected chi connectivity index (χ3v) is 5.30. The molecule has 1 aromatic heterocycles. The summed E-state index contributed by atoms with van der Waals surface area (Å²) in [6.07, 6.45) is 0. The number of guanidine groups is 1. The zero-order valence-electron chi connectivity index (χ0n) is 17.1. The number of rotatable bonds is 5. The van der Waals surface area contributed by atoms with Crippen molar-refractivity contribution < 1.29 is 0 Å². The van der Waals surface area contributed by atoms with Crippen molar-refractivity contribution in [2.45, 2.75) is 46.3 Å². The first-order valence-corrected chi connectivity index (χ1v) is 9.68. The summed E-state index contributed by atoms with van der Waals surface area (Å²) < 4.78 is 2.13. The molecule has 27 heavy (non-hydrogen) atoms. The van der Waals surface area contributed by atoms with Gasteiger partial charge < -0.3 is 15.2 Å². The van der Waals surface area contributed by atoms with Crippen molar-refractivity contribution >= 4 is 41.0 Å². The molecular formula is C20H33IN6. The van der Waals surface area contributed by atoms with E-state index in [1.165, 1.54) is 0 Å². The molecule has 0 aliphatic carbocycles. The van der Waals surface area contributed by atoms with Crippen molar-refractivity contribution in [3.05, 3.63) is 30.1 Å². The molecule has 0 bridgehead atoms. The van der Waals surface area contributed by atoms with Crippen LogP contribution in [0.1, 0.15) is 33.5 Å². The van der Waals surface area contributed by atoms with Gasteiger partial charge in [-0.1, -0.05) is 19.1 Å². The molecule has 2 N–H and O–H groups in total. The molecule has 6 nitrogen and oxygen atoms in total. The fourth-order valence-electron chi connectivity index (χ4n) is 3.60. The minimum atomic E-state index is 0. The van der Waals surface area contributed by atoms with E-state index in [1.807, 2.05) is 18.2 Å². The molecule has 2 atom stereocenters. The predicted molar refractivity (Wildman–Crippen MR) is 124 cm³/mol. The lowest BCUT2D eigenvalue weighted by atomic mass is 10.1. The summed E-state index contributed by atoms with van der Waals surface area (Å²) in [7, 11) is 2.06. The zero-order chi connectivity index (χ0) is 18.7. The molecule has 2 heterocycles. The third-order valence-electron chi connectivity index (χ3n) is 5.30. The van der Waals surface area contributed by atoms with Crippen LogP contribution in [-0.2, 0) is 13.6 Å². The van der Waals surface area contributed by atoms with Gasteiger partial charge in [-0.05, 0) is 38.8 Å². The number of nitrogens with one attached hydrogen (secondary N) is 2. The van der Waals surface area contributed by atoms with Gasteiger partial charge >= 0.3 is 0 Å². The van der Waals surface area contributed by atoms with Crippen LogP contribution in [0.4, 0.5) is 0 Å². The lowest BCUT2D eigenvalue weighted by Crippen LogP contribution is -2.46. The van der Waals surface area contributed by atoms with E-state index in [-0.39, 0.29) is 24.0 Å². The second kappa shape index (κ2) is 9.73. The fourth-order valence-corrected chi connectivity index (χ4v) is 3.60. The Balaban J connectivity index is 0.00000261. The number of aryl methyl sites for hydroxylation is 1. The van der Waals surface area contributed by atoms with Crippen molar-refractivity contribution in [1.29, 1.82) is 0 Å². The van der Waals surface area contributed by atoms with Crippen LogP contribution in [0.5, 0.6) is 0 Å². The summed E-state index contributed by atoms with van der Waals surface area (Å²) in [6.45, 7) is 12.6. The molecule has 0 saturated carbocycles. The van der Waals surface area contributed by atoms with Gasteiger partial charge in [0.1, 0.15) is 12.4 Å². The van der Waals surface area contributed by atoms with Gasteiger partial charge in [0.2, 0.25) is 0 Å². The Labute approximate surface area is 179 Å². The van der Waals surface area contributed by atoms with Crippen LogP contribution in [-0.4, -0.2) is 52.1 Å². The number of para-hydroxylation sites is 2. The second-order valence-corrected chi connectivity index (χ2v) is 7.55. The van der Waals surface area contributed by atoms with Crippen LogP contribution in [0.2, 0.25) is 0 Å². The maximum Gasteiger partial charge on any atom is 0.191 e. The van der Waals surface area contributed by atoms with Crippen LogP contribution < -0.4 is 10.6 Å². The predicted octanol–water partition coefficient (Wildman–Crippen LogP) is 2.98. The highest BCUT2D eigenvalue weighted by molar-refractivity contribution is 14.0. The largest absolute Gasteiger partial charge is 0.357 e. The topological polar surface area (TPSA) is 57.5 Å². The van der Waals surface area contributed by atoms with E-state index < -0.39 is 0 Å². The second-order valence-electron chi connectivity index (χ2n) is 7.55. The average molecular weight is 484 g/mol. The molecule has 0 spiro atoms. The summed E-state index contributed by atoms with van der Waals surface area (Å²) >= 11 is 0. The fraction of sp³-hybridized carbons (Fsp3) is 0.600. The van der Waals surface area contributed by atoms with E-state index in [4.69, 9.17) is 9.98 Å². The Morgan fingerprint density at radius 3 is 2.67 bits per heavy atom. The van der Waals surface area contributed by atoms with Crippen molar-refractivity contribution in [2.75, 3.05) is 19.6 Å². The number of hydrogen-bond acceptors (Lipinski definition) is 3. The first-order valence-electron chi connectivity index (χ1n) is 9.68. The lowest BCUT2D eigenvalue weighted by molar-refractivity contribution is 0.265. The number of aliphatic imine (C=N–C) groups is 1. The first-order chi connectivity index (χ1) is 12.5. The van der Waals surface area contributed by atoms with Gasteiger partial charge in [0.25, 0.3) is 0 Å². The minimum Gasteiger partial charge on any atom is -0.357 e. The van der Waals surface area contributed by atoms with E-state index >= 15 is 0 Å². The smallest absolute Gasteiger partial charge is 0.191 e. The molecule has 2 aromatic rings. The normalized spacial score (nSPS) is 20.9. The highest BCUT2D eigenvalue weighted by atomic mass is 127. The van der Waals surface area contributed by atoms with Crippen molar-refractivity contribution in [3.8, 4) is 0 Å². The monoisotopic (exact) mass is 484 g/mol. The lowest BCUT2D eigenvalue weighted by Gasteiger charge is -2.21. The van der Waals surface area contributed by atoms with Gasteiger partial charge in [-0.2, -0.15) is 0 Å². The van der Waals surface area contributed by atoms with Crippen molar-refractivity contribution in [2.24, 2.45) is 18.0 Å². The van der Waals surface area contributed by atoms with Crippen LogP contribution in [0.25, 0.3) is 11.0 Å². The molecule has 2 unspecified atom stereocenters. The Morgan fingerprint density at radius 2 is 2.04 bits per heavy atom. The Hall–Kier alpha value is -1.35. The number of fused-ring (bicyclic) bond motifs is 1.